The fraction of sp³-hybridized carbons (Fsp3) is 0.0400. The van der Waals surface area contributed by atoms with E-state index in [2.05, 4.69) is 9.83 Å². The molecule has 31 heavy (non-hydrogen) atoms. The van der Waals surface area contributed by atoms with E-state index in [-0.39, 0.29) is 22.9 Å². The number of aryl methyl sites for hydroxylation is 1. The summed E-state index contributed by atoms with van der Waals surface area (Å²) in [5.74, 6) is -0.00892. The molecule has 0 bridgehead atoms. The maximum atomic E-state index is 13.0. The average Bonchev–Trinajstić information content (AvgIpc) is 3.43. The van der Waals surface area contributed by atoms with Crippen LogP contribution in [0.2, 0.25) is 0 Å². The highest BCUT2D eigenvalue weighted by Crippen LogP contribution is 2.40. The number of nitrogens with zero attached hydrogens (tertiary/aromatic N) is 4. The molecule has 4 aromatic rings. The summed E-state index contributed by atoms with van der Waals surface area (Å²) in [6, 6.07) is 20.7. The number of hydrogen-bond acceptors (Lipinski definition) is 4. The fourth-order valence-corrected chi connectivity index (χ4v) is 3.91. The highest BCUT2D eigenvalue weighted by atomic mass is 16.3. The monoisotopic (exact) mass is 402 g/mol. The molecule has 1 aliphatic carbocycles. The van der Waals surface area contributed by atoms with E-state index >= 15 is 0 Å². The highest BCUT2D eigenvalue weighted by Gasteiger charge is 2.32. The maximum absolute atomic E-state index is 13.0. The van der Waals surface area contributed by atoms with Gasteiger partial charge in [0.15, 0.2) is 17.0 Å². The van der Waals surface area contributed by atoms with Crippen LogP contribution in [0, 0.1) is 17.9 Å². The van der Waals surface area contributed by atoms with Crippen LogP contribution in [0.15, 0.2) is 76.4 Å². The molecule has 0 N–H and O–H groups in total. The topological polar surface area (TPSA) is 76.2 Å². The molecule has 0 amide bonds. The Hall–Kier alpha value is -4.68. The summed E-state index contributed by atoms with van der Waals surface area (Å²) in [5.41, 5.74) is 4.71. The Labute approximate surface area is 177 Å². The van der Waals surface area contributed by atoms with Crippen LogP contribution in [0.3, 0.4) is 0 Å². The Morgan fingerprint density at radius 1 is 1.16 bits per heavy atom. The highest BCUT2D eigenvalue weighted by molar-refractivity contribution is 6.29. The van der Waals surface area contributed by atoms with Gasteiger partial charge in [-0.1, -0.05) is 54.6 Å². The second kappa shape index (κ2) is 6.98. The van der Waals surface area contributed by atoms with Crippen molar-refractivity contribution in [3.05, 3.63) is 100 Å². The third-order valence-electron chi connectivity index (χ3n) is 5.34. The van der Waals surface area contributed by atoms with E-state index in [4.69, 9.17) is 11.0 Å². The third-order valence-corrected chi connectivity index (χ3v) is 5.34. The molecule has 0 fully saturated rings. The number of aromatic nitrogens is 2. The smallest absolute Gasteiger partial charge is 0.270 e. The Morgan fingerprint density at radius 2 is 1.87 bits per heavy atom. The van der Waals surface area contributed by atoms with Gasteiger partial charge in [0.2, 0.25) is 5.89 Å². The van der Waals surface area contributed by atoms with Crippen LogP contribution in [0.1, 0.15) is 21.8 Å². The van der Waals surface area contributed by atoms with Crippen LogP contribution in [0.25, 0.3) is 39.0 Å². The van der Waals surface area contributed by atoms with Gasteiger partial charge in [0, 0.05) is 35.9 Å². The summed E-state index contributed by atoms with van der Waals surface area (Å²) in [7, 11) is 1.90. The summed E-state index contributed by atoms with van der Waals surface area (Å²) in [6.07, 6.45) is 1.52. The van der Waals surface area contributed by atoms with Gasteiger partial charge < -0.3 is 8.98 Å². The number of nitriles is 1. The molecule has 0 radical (unpaired) electrons. The molecule has 0 unspecified atom stereocenters. The first-order valence-electron chi connectivity index (χ1n) is 9.52. The Morgan fingerprint density at radius 3 is 2.55 bits per heavy atom. The molecule has 0 spiro atoms. The summed E-state index contributed by atoms with van der Waals surface area (Å²) in [6.45, 7) is 7.36. The largest absolute Gasteiger partial charge is 0.435 e. The number of carbonyl (C=O) groups is 1. The minimum Gasteiger partial charge on any atom is -0.435 e. The summed E-state index contributed by atoms with van der Waals surface area (Å²) in [4.78, 5) is 20.9. The zero-order chi connectivity index (χ0) is 21.5. The van der Waals surface area contributed by atoms with Gasteiger partial charge in [-0.25, -0.2) is 10.1 Å². The zero-order valence-corrected chi connectivity index (χ0v) is 16.5. The average molecular weight is 402 g/mol. The molecular weight excluding hydrogens is 388 g/mol. The predicted molar refractivity (Wildman–Crippen MR) is 116 cm³/mol. The van der Waals surface area contributed by atoms with Crippen molar-refractivity contribution in [3.8, 4) is 17.3 Å². The lowest BCUT2D eigenvalue weighted by Gasteiger charge is -2.02. The van der Waals surface area contributed by atoms with Gasteiger partial charge in [0.05, 0.1) is 18.3 Å². The second-order valence-electron chi connectivity index (χ2n) is 7.07. The molecule has 1 aliphatic rings. The summed E-state index contributed by atoms with van der Waals surface area (Å²) < 4.78 is 7.84. The van der Waals surface area contributed by atoms with Crippen LogP contribution < -0.4 is 0 Å². The van der Waals surface area contributed by atoms with Crippen LogP contribution in [-0.4, -0.2) is 15.3 Å². The van der Waals surface area contributed by atoms with Gasteiger partial charge in [0.25, 0.3) is 5.70 Å². The number of allylic oxidation sites excluding steroid dienone is 3. The molecular formula is C25H14N4O2. The van der Waals surface area contributed by atoms with Crippen molar-refractivity contribution in [2.24, 2.45) is 7.05 Å². The fourth-order valence-electron chi connectivity index (χ4n) is 3.91. The number of rotatable bonds is 2. The molecule has 6 heteroatoms. The molecule has 2 aromatic carbocycles. The molecule has 2 aromatic heterocycles. The van der Waals surface area contributed by atoms with Crippen molar-refractivity contribution in [1.82, 2.24) is 9.55 Å². The van der Waals surface area contributed by atoms with Crippen molar-refractivity contribution in [2.75, 3.05) is 0 Å². The Bertz CT molecular complexity index is 1500. The van der Waals surface area contributed by atoms with E-state index in [1.165, 1.54) is 6.08 Å². The minimum absolute atomic E-state index is 0.132. The number of hydrogen-bond donors (Lipinski definition) is 0. The molecule has 6 nitrogen and oxygen atoms in total. The van der Waals surface area contributed by atoms with Gasteiger partial charge in [-0.2, -0.15) is 4.98 Å². The van der Waals surface area contributed by atoms with Gasteiger partial charge in [-0.05, 0) is 11.1 Å². The number of Topliss-reactive ketones (excluding diaryl/α,β-unsaturated/α-hetero) is 1. The van der Waals surface area contributed by atoms with Crippen LogP contribution in [0.4, 0.5) is 0 Å². The van der Waals surface area contributed by atoms with Gasteiger partial charge in [-0.15, -0.1) is 0 Å². The molecule has 146 valence electrons. The van der Waals surface area contributed by atoms with Crippen molar-refractivity contribution in [3.63, 3.8) is 0 Å². The number of fused-ring (bicyclic) bond motifs is 2. The Balaban J connectivity index is 1.65. The summed E-state index contributed by atoms with van der Waals surface area (Å²) in [5, 5.41) is 9.44. The Kier molecular flexibility index (Phi) is 4.13. The van der Waals surface area contributed by atoms with Crippen LogP contribution >= 0.6 is 0 Å². The maximum Gasteiger partial charge on any atom is 0.270 e. The lowest BCUT2D eigenvalue weighted by atomic mass is 10.0. The molecule has 5 rings (SSSR count). The summed E-state index contributed by atoms with van der Waals surface area (Å²) >= 11 is 0. The third kappa shape index (κ3) is 2.78. The van der Waals surface area contributed by atoms with E-state index in [0.29, 0.717) is 27.9 Å². The van der Waals surface area contributed by atoms with Crippen LogP contribution in [0.5, 0.6) is 0 Å². The SMILES string of the molecule is [C-]#[N+]/C(C#N)=C1\C(=C\c2nc3c(cc(-c4ccccc4)n3C)o2)C(=O)c2ccccc21. The number of carbonyl (C=O) groups excluding carboxylic acids is 1. The van der Waals surface area contributed by atoms with Crippen molar-refractivity contribution >= 4 is 28.7 Å². The van der Waals surface area contributed by atoms with Crippen LogP contribution in [-0.2, 0) is 7.05 Å². The van der Waals surface area contributed by atoms with Crippen molar-refractivity contribution < 1.29 is 9.21 Å². The molecule has 0 aliphatic heterocycles. The lowest BCUT2D eigenvalue weighted by Crippen LogP contribution is -1.96. The first-order valence-corrected chi connectivity index (χ1v) is 9.52. The lowest BCUT2D eigenvalue weighted by molar-refractivity contribution is 0.104. The van der Waals surface area contributed by atoms with Crippen molar-refractivity contribution in [1.29, 1.82) is 5.26 Å². The molecule has 0 saturated carbocycles. The quantitative estimate of drug-likeness (QED) is 0.260. The standard InChI is InChI=1S/C25H14N4O2/c1-27-19(14-26)23-16-10-6-7-11-17(16)24(30)18(23)12-22-28-25-21(31-22)13-20(29(25)2)15-8-4-3-5-9-15/h3-13H,2H3/b18-12-,23-19-. The van der Waals surface area contributed by atoms with E-state index in [1.807, 2.05) is 54.1 Å². The van der Waals surface area contributed by atoms with Crippen molar-refractivity contribution in [2.45, 2.75) is 0 Å². The predicted octanol–water partition coefficient (Wildman–Crippen LogP) is 5.27. The first-order chi connectivity index (χ1) is 15.1. The van der Waals surface area contributed by atoms with E-state index in [1.54, 1.807) is 24.3 Å². The molecule has 0 saturated heterocycles. The number of benzene rings is 2. The number of ketones is 1. The van der Waals surface area contributed by atoms with Gasteiger partial charge in [-0.3, -0.25) is 4.79 Å². The normalized spacial score (nSPS) is 15.7. The minimum atomic E-state index is -0.255. The second-order valence-corrected chi connectivity index (χ2v) is 7.07. The first kappa shape index (κ1) is 18.4. The van der Waals surface area contributed by atoms with E-state index in [0.717, 1.165) is 11.3 Å². The molecule has 2 heterocycles. The molecule has 0 atom stereocenters. The zero-order valence-electron chi connectivity index (χ0n) is 16.5. The van der Waals surface area contributed by atoms with E-state index in [9.17, 15) is 10.1 Å². The number of oxazole rings is 1. The van der Waals surface area contributed by atoms with Gasteiger partial charge in [0.1, 0.15) is 0 Å². The van der Waals surface area contributed by atoms with Gasteiger partial charge >= 0.3 is 0 Å². The van der Waals surface area contributed by atoms with E-state index < -0.39 is 0 Å².